The molecule has 1 amide bonds. The Morgan fingerprint density at radius 3 is 2.70 bits per heavy atom. The molecule has 0 spiro atoms. The first-order valence-corrected chi connectivity index (χ1v) is 9.59. The molecule has 6 nitrogen and oxygen atoms in total. The normalized spacial score (nSPS) is 16.6. The third kappa shape index (κ3) is 5.18. The molecule has 1 fully saturated rings. The molecule has 1 N–H and O–H groups in total. The summed E-state index contributed by atoms with van der Waals surface area (Å²) in [5, 5.41) is 3.42. The second-order valence-corrected chi connectivity index (χ2v) is 7.04. The van der Waals surface area contributed by atoms with Crippen molar-refractivity contribution in [2.75, 3.05) is 25.5 Å². The second-order valence-electron chi connectivity index (χ2n) is 7.04. The Labute approximate surface area is 161 Å². The number of ether oxygens (including phenoxy) is 1. The fraction of sp³-hybridized carbons (Fsp3) is 0.476. The second kappa shape index (κ2) is 8.84. The molecule has 144 valence electrons. The summed E-state index contributed by atoms with van der Waals surface area (Å²) in [6, 6.07) is 10.1. The molecule has 1 atom stereocenters. The summed E-state index contributed by atoms with van der Waals surface area (Å²) in [6.45, 7) is 5.54. The van der Waals surface area contributed by atoms with Crippen molar-refractivity contribution in [3.8, 4) is 5.75 Å². The Hall–Kier alpha value is -2.63. The number of anilines is 1. The molecule has 27 heavy (non-hydrogen) atoms. The van der Waals surface area contributed by atoms with Crippen LogP contribution in [-0.2, 0) is 17.6 Å². The van der Waals surface area contributed by atoms with Crippen LogP contribution in [0.2, 0.25) is 0 Å². The number of aromatic nitrogens is 2. The van der Waals surface area contributed by atoms with Gasteiger partial charge in [0.25, 0.3) is 0 Å². The number of nitrogens with one attached hydrogen (secondary N) is 1. The summed E-state index contributed by atoms with van der Waals surface area (Å²) in [4.78, 5) is 23.3. The van der Waals surface area contributed by atoms with Crippen LogP contribution in [0.4, 0.5) is 5.82 Å². The maximum Gasteiger partial charge on any atom is 0.224 e. The summed E-state index contributed by atoms with van der Waals surface area (Å²) < 4.78 is 5.18. The summed E-state index contributed by atoms with van der Waals surface area (Å²) in [5.41, 5.74) is 2.16. The topological polar surface area (TPSA) is 67.4 Å². The lowest BCUT2D eigenvalue weighted by Crippen LogP contribution is -2.30. The van der Waals surface area contributed by atoms with Gasteiger partial charge in [-0.15, -0.1) is 0 Å². The number of nitrogens with zero attached hydrogens (tertiary/aromatic N) is 3. The number of carbonyl (C=O) groups is 1. The number of carbonyl (C=O) groups excluding carboxylic acids is 1. The number of methoxy groups -OCH3 is 1. The largest absolute Gasteiger partial charge is 0.497 e. The Bertz CT molecular complexity index is 776. The van der Waals surface area contributed by atoms with Gasteiger partial charge in [-0.05, 0) is 37.5 Å². The van der Waals surface area contributed by atoms with Crippen molar-refractivity contribution in [1.29, 1.82) is 0 Å². The average molecular weight is 368 g/mol. The van der Waals surface area contributed by atoms with Crippen molar-refractivity contribution < 1.29 is 9.53 Å². The maximum absolute atomic E-state index is 12.4. The fourth-order valence-corrected chi connectivity index (χ4v) is 3.39. The predicted molar refractivity (Wildman–Crippen MR) is 106 cm³/mol. The molecule has 2 aromatic rings. The van der Waals surface area contributed by atoms with Gasteiger partial charge in [0, 0.05) is 37.7 Å². The zero-order valence-corrected chi connectivity index (χ0v) is 16.4. The van der Waals surface area contributed by atoms with Gasteiger partial charge < -0.3 is 15.0 Å². The van der Waals surface area contributed by atoms with E-state index in [-0.39, 0.29) is 11.9 Å². The van der Waals surface area contributed by atoms with Crippen LogP contribution in [0.25, 0.3) is 0 Å². The number of amides is 1. The van der Waals surface area contributed by atoms with Crippen molar-refractivity contribution in [3.63, 3.8) is 0 Å². The van der Waals surface area contributed by atoms with E-state index in [2.05, 4.69) is 22.2 Å². The van der Waals surface area contributed by atoms with Crippen molar-refractivity contribution >= 4 is 11.7 Å². The number of aryl methyl sites for hydroxylation is 2. The molecule has 0 radical (unpaired) electrons. The lowest BCUT2D eigenvalue weighted by Gasteiger charge is -2.18. The van der Waals surface area contributed by atoms with Gasteiger partial charge in [0.2, 0.25) is 5.91 Å². The molecular weight excluding hydrogens is 340 g/mol. The molecule has 2 heterocycles. The number of rotatable bonds is 8. The summed E-state index contributed by atoms with van der Waals surface area (Å²) in [5.74, 6) is 2.73. The van der Waals surface area contributed by atoms with Crippen LogP contribution in [0.15, 0.2) is 30.3 Å². The molecule has 0 bridgehead atoms. The van der Waals surface area contributed by atoms with E-state index in [4.69, 9.17) is 4.74 Å². The standard InChI is InChI=1S/C21H28N4O2/c1-4-5-19-22-15(2)12-20(24-19)23-17-13-21(26)25(14-17)11-10-16-6-8-18(27-3)9-7-16/h6-9,12,17H,4-5,10-11,13-14H2,1-3H3,(H,22,23,24). The third-order valence-electron chi connectivity index (χ3n) is 4.77. The maximum atomic E-state index is 12.4. The van der Waals surface area contributed by atoms with E-state index in [1.54, 1.807) is 7.11 Å². The van der Waals surface area contributed by atoms with E-state index in [0.717, 1.165) is 48.9 Å². The molecule has 1 aliphatic rings. The first kappa shape index (κ1) is 19.1. The molecule has 0 aliphatic carbocycles. The number of hydrogen-bond acceptors (Lipinski definition) is 5. The van der Waals surface area contributed by atoms with Crippen LogP contribution in [-0.4, -0.2) is 47.0 Å². The van der Waals surface area contributed by atoms with E-state index in [9.17, 15) is 4.79 Å². The molecule has 6 heteroatoms. The summed E-state index contributed by atoms with van der Waals surface area (Å²) >= 11 is 0. The van der Waals surface area contributed by atoms with E-state index in [1.807, 2.05) is 42.2 Å². The smallest absolute Gasteiger partial charge is 0.224 e. The lowest BCUT2D eigenvalue weighted by molar-refractivity contribution is -0.127. The molecule has 1 aromatic heterocycles. The first-order valence-electron chi connectivity index (χ1n) is 9.59. The van der Waals surface area contributed by atoms with Gasteiger partial charge >= 0.3 is 0 Å². The van der Waals surface area contributed by atoms with E-state index < -0.39 is 0 Å². The molecular formula is C21H28N4O2. The highest BCUT2D eigenvalue weighted by Gasteiger charge is 2.29. The van der Waals surface area contributed by atoms with E-state index >= 15 is 0 Å². The van der Waals surface area contributed by atoms with Crippen LogP contribution >= 0.6 is 0 Å². The van der Waals surface area contributed by atoms with Crippen molar-refractivity contribution in [2.24, 2.45) is 0 Å². The first-order chi connectivity index (χ1) is 13.1. The highest BCUT2D eigenvalue weighted by molar-refractivity contribution is 5.80. The van der Waals surface area contributed by atoms with Gasteiger partial charge in [-0.2, -0.15) is 0 Å². The Morgan fingerprint density at radius 1 is 1.22 bits per heavy atom. The van der Waals surface area contributed by atoms with Crippen molar-refractivity contribution in [1.82, 2.24) is 14.9 Å². The minimum atomic E-state index is 0.0946. The average Bonchev–Trinajstić information content (AvgIpc) is 2.99. The lowest BCUT2D eigenvalue weighted by atomic mass is 10.1. The quantitative estimate of drug-likeness (QED) is 0.776. The monoisotopic (exact) mass is 368 g/mol. The van der Waals surface area contributed by atoms with Gasteiger partial charge in [-0.25, -0.2) is 9.97 Å². The Morgan fingerprint density at radius 2 is 2.00 bits per heavy atom. The molecule has 0 saturated carbocycles. The van der Waals surface area contributed by atoms with Crippen molar-refractivity contribution in [3.05, 3.63) is 47.4 Å². The number of likely N-dealkylation sites (tertiary alicyclic amines) is 1. The summed E-state index contributed by atoms with van der Waals surface area (Å²) in [6.07, 6.45) is 3.24. The van der Waals surface area contributed by atoms with Crippen LogP contribution in [0.1, 0.15) is 36.8 Å². The molecule has 1 aromatic carbocycles. The van der Waals surface area contributed by atoms with Crippen LogP contribution in [0.5, 0.6) is 5.75 Å². The van der Waals surface area contributed by atoms with Gasteiger partial charge in [0.15, 0.2) is 0 Å². The zero-order valence-electron chi connectivity index (χ0n) is 16.4. The fourth-order valence-electron chi connectivity index (χ4n) is 3.39. The number of hydrogen-bond donors (Lipinski definition) is 1. The molecule has 1 unspecified atom stereocenters. The molecule has 1 saturated heterocycles. The van der Waals surface area contributed by atoms with Gasteiger partial charge in [0.05, 0.1) is 13.2 Å². The zero-order chi connectivity index (χ0) is 19.2. The van der Waals surface area contributed by atoms with Crippen LogP contribution in [0.3, 0.4) is 0 Å². The van der Waals surface area contributed by atoms with Gasteiger partial charge in [-0.3, -0.25) is 4.79 Å². The van der Waals surface area contributed by atoms with E-state index in [1.165, 1.54) is 5.56 Å². The van der Waals surface area contributed by atoms with Crippen LogP contribution < -0.4 is 10.1 Å². The summed E-state index contributed by atoms with van der Waals surface area (Å²) in [7, 11) is 1.66. The van der Waals surface area contributed by atoms with Gasteiger partial charge in [-0.1, -0.05) is 19.1 Å². The van der Waals surface area contributed by atoms with Crippen LogP contribution in [0, 0.1) is 6.92 Å². The molecule has 3 rings (SSSR count). The van der Waals surface area contributed by atoms with Crippen molar-refractivity contribution in [2.45, 2.75) is 45.6 Å². The van der Waals surface area contributed by atoms with E-state index in [0.29, 0.717) is 13.0 Å². The SMILES string of the molecule is CCCc1nc(C)cc(NC2CC(=O)N(CCc3ccc(OC)cc3)C2)n1. The Kier molecular flexibility index (Phi) is 6.27. The minimum absolute atomic E-state index is 0.0946. The predicted octanol–water partition coefficient (Wildman–Crippen LogP) is 3.00. The van der Waals surface area contributed by atoms with Gasteiger partial charge in [0.1, 0.15) is 17.4 Å². The number of benzene rings is 1. The Balaban J connectivity index is 1.55. The molecule has 1 aliphatic heterocycles. The third-order valence-corrected chi connectivity index (χ3v) is 4.77. The minimum Gasteiger partial charge on any atom is -0.497 e. The highest BCUT2D eigenvalue weighted by Crippen LogP contribution is 2.18. The highest BCUT2D eigenvalue weighted by atomic mass is 16.5.